The Labute approximate surface area is 134 Å². The molecule has 24 heavy (non-hydrogen) atoms. The van der Waals surface area contributed by atoms with Crippen molar-refractivity contribution in [3.05, 3.63) is 69.3 Å². The lowest BCUT2D eigenvalue weighted by Crippen LogP contribution is -2.35. The summed E-state index contributed by atoms with van der Waals surface area (Å²) in [6.07, 6.45) is 0. The first-order valence-corrected chi connectivity index (χ1v) is 6.65. The summed E-state index contributed by atoms with van der Waals surface area (Å²) < 4.78 is 0. The second kappa shape index (κ2) is 5.47. The number of hydrazine groups is 1. The second-order valence-corrected chi connectivity index (χ2v) is 4.93. The molecule has 0 radical (unpaired) electrons. The molecule has 1 aliphatic rings. The molecule has 2 amide bonds. The van der Waals surface area contributed by atoms with Gasteiger partial charge in [0, 0.05) is 12.1 Å². The number of anilines is 1. The smallest absolute Gasteiger partial charge is 0.335 e. The number of rotatable bonds is 4. The SMILES string of the molecule is O=C(O)c1ccc2c(c1)C(=O)N(Nc1ccc([N+](=O)[O-])cc1)C2=O. The van der Waals surface area contributed by atoms with Gasteiger partial charge in [-0.3, -0.25) is 25.1 Å². The Morgan fingerprint density at radius 2 is 1.67 bits per heavy atom. The number of hydrogen-bond acceptors (Lipinski definition) is 6. The molecule has 120 valence electrons. The van der Waals surface area contributed by atoms with Crippen molar-refractivity contribution in [2.24, 2.45) is 0 Å². The minimum Gasteiger partial charge on any atom is -0.478 e. The average Bonchev–Trinajstić information content (AvgIpc) is 2.80. The van der Waals surface area contributed by atoms with E-state index in [1.807, 2.05) is 0 Å². The fraction of sp³-hybridized carbons (Fsp3) is 0. The van der Waals surface area contributed by atoms with Crippen molar-refractivity contribution in [3.8, 4) is 0 Å². The highest BCUT2D eigenvalue weighted by molar-refractivity contribution is 6.22. The van der Waals surface area contributed by atoms with Crippen molar-refractivity contribution in [2.45, 2.75) is 0 Å². The normalized spacial score (nSPS) is 12.9. The quantitative estimate of drug-likeness (QED) is 0.498. The molecule has 0 spiro atoms. The van der Waals surface area contributed by atoms with Gasteiger partial charge in [0.15, 0.2) is 0 Å². The van der Waals surface area contributed by atoms with Gasteiger partial charge in [-0.25, -0.2) is 4.79 Å². The molecule has 9 nitrogen and oxygen atoms in total. The average molecular weight is 327 g/mol. The second-order valence-electron chi connectivity index (χ2n) is 4.93. The van der Waals surface area contributed by atoms with Gasteiger partial charge in [-0.1, -0.05) is 0 Å². The maximum atomic E-state index is 12.3. The van der Waals surface area contributed by atoms with Gasteiger partial charge < -0.3 is 5.11 Å². The zero-order valence-corrected chi connectivity index (χ0v) is 11.9. The Balaban J connectivity index is 1.88. The first-order valence-electron chi connectivity index (χ1n) is 6.65. The molecule has 0 saturated carbocycles. The molecule has 0 saturated heterocycles. The van der Waals surface area contributed by atoms with Crippen LogP contribution < -0.4 is 5.43 Å². The molecule has 1 aliphatic heterocycles. The van der Waals surface area contributed by atoms with E-state index in [4.69, 9.17) is 5.11 Å². The van der Waals surface area contributed by atoms with Gasteiger partial charge in [-0.2, -0.15) is 5.01 Å². The van der Waals surface area contributed by atoms with E-state index < -0.39 is 22.7 Å². The number of carboxylic acid groups (broad SMARTS) is 1. The molecule has 0 fully saturated rings. The first kappa shape index (κ1) is 15.2. The van der Waals surface area contributed by atoms with Crippen LogP contribution >= 0.6 is 0 Å². The number of nitrogens with zero attached hydrogens (tertiary/aromatic N) is 2. The van der Waals surface area contributed by atoms with Gasteiger partial charge in [-0.05, 0) is 30.3 Å². The van der Waals surface area contributed by atoms with Crippen molar-refractivity contribution in [3.63, 3.8) is 0 Å². The van der Waals surface area contributed by atoms with Crippen LogP contribution in [-0.2, 0) is 0 Å². The van der Waals surface area contributed by atoms with Gasteiger partial charge in [0.2, 0.25) is 0 Å². The van der Waals surface area contributed by atoms with Crippen LogP contribution in [0.3, 0.4) is 0 Å². The number of hydrogen-bond donors (Lipinski definition) is 2. The van der Waals surface area contributed by atoms with E-state index in [9.17, 15) is 24.5 Å². The molecule has 2 aromatic rings. The number of carbonyl (C=O) groups excluding carboxylic acids is 2. The minimum absolute atomic E-state index is 0.0192. The van der Waals surface area contributed by atoms with E-state index in [1.54, 1.807) is 0 Å². The topological polar surface area (TPSA) is 130 Å². The lowest BCUT2D eigenvalue weighted by molar-refractivity contribution is -0.384. The molecule has 0 atom stereocenters. The number of carbonyl (C=O) groups is 3. The van der Waals surface area contributed by atoms with Crippen LogP contribution in [0.4, 0.5) is 11.4 Å². The van der Waals surface area contributed by atoms with E-state index in [1.165, 1.54) is 36.4 Å². The highest BCUT2D eigenvalue weighted by Gasteiger charge is 2.36. The molecular formula is C15H9N3O6. The minimum atomic E-state index is -1.21. The number of nitro groups is 1. The van der Waals surface area contributed by atoms with Crippen LogP contribution in [0.15, 0.2) is 42.5 Å². The Morgan fingerprint density at radius 1 is 1.04 bits per heavy atom. The Morgan fingerprint density at radius 3 is 2.25 bits per heavy atom. The van der Waals surface area contributed by atoms with Crippen LogP contribution in [-0.4, -0.2) is 32.8 Å². The predicted molar refractivity (Wildman–Crippen MR) is 80.6 cm³/mol. The number of carboxylic acids is 1. The number of non-ortho nitro benzene ring substituents is 1. The van der Waals surface area contributed by atoms with E-state index in [-0.39, 0.29) is 22.4 Å². The first-order chi connectivity index (χ1) is 11.4. The lowest BCUT2D eigenvalue weighted by atomic mass is 10.1. The van der Waals surface area contributed by atoms with Gasteiger partial charge in [0.05, 0.1) is 27.3 Å². The summed E-state index contributed by atoms with van der Waals surface area (Å²) in [6.45, 7) is 0. The molecule has 0 unspecified atom stereocenters. The summed E-state index contributed by atoms with van der Waals surface area (Å²) in [5.41, 5.74) is 2.69. The summed E-state index contributed by atoms with van der Waals surface area (Å²) in [7, 11) is 0. The van der Waals surface area contributed by atoms with E-state index >= 15 is 0 Å². The van der Waals surface area contributed by atoms with Crippen molar-refractivity contribution in [2.75, 3.05) is 5.43 Å². The van der Waals surface area contributed by atoms with Crippen LogP contribution in [0.5, 0.6) is 0 Å². The summed E-state index contributed by atoms with van der Waals surface area (Å²) in [5.74, 6) is -2.54. The van der Waals surface area contributed by atoms with Crippen molar-refractivity contribution >= 4 is 29.2 Å². The summed E-state index contributed by atoms with van der Waals surface area (Å²) in [5, 5.41) is 20.3. The van der Waals surface area contributed by atoms with Crippen LogP contribution in [0.2, 0.25) is 0 Å². The number of benzene rings is 2. The van der Waals surface area contributed by atoms with E-state index in [0.29, 0.717) is 5.69 Å². The number of aromatic carboxylic acids is 1. The molecule has 0 bridgehead atoms. The molecule has 3 rings (SSSR count). The number of imide groups is 1. The molecular weight excluding hydrogens is 318 g/mol. The van der Waals surface area contributed by atoms with Crippen LogP contribution in [0, 0.1) is 10.1 Å². The molecule has 9 heteroatoms. The number of nitrogens with one attached hydrogen (secondary N) is 1. The maximum absolute atomic E-state index is 12.3. The Bertz CT molecular complexity index is 891. The maximum Gasteiger partial charge on any atom is 0.335 e. The van der Waals surface area contributed by atoms with Crippen molar-refractivity contribution < 1.29 is 24.4 Å². The number of amides is 2. The van der Waals surface area contributed by atoms with Crippen LogP contribution in [0.25, 0.3) is 0 Å². The summed E-state index contributed by atoms with van der Waals surface area (Å²) >= 11 is 0. The van der Waals surface area contributed by atoms with Crippen LogP contribution in [0.1, 0.15) is 31.1 Å². The zero-order chi connectivity index (χ0) is 17.4. The van der Waals surface area contributed by atoms with Gasteiger partial charge in [-0.15, -0.1) is 0 Å². The lowest BCUT2D eigenvalue weighted by Gasteiger charge is -2.16. The predicted octanol–water partition coefficient (Wildman–Crippen LogP) is 1.92. The van der Waals surface area contributed by atoms with E-state index in [0.717, 1.165) is 11.1 Å². The zero-order valence-electron chi connectivity index (χ0n) is 11.9. The Hall–Kier alpha value is -3.75. The third-order valence-corrected chi connectivity index (χ3v) is 3.45. The molecule has 0 aliphatic carbocycles. The molecule has 0 aromatic heterocycles. The number of nitro benzene ring substituents is 1. The third-order valence-electron chi connectivity index (χ3n) is 3.45. The van der Waals surface area contributed by atoms with Gasteiger partial charge >= 0.3 is 5.97 Å². The van der Waals surface area contributed by atoms with E-state index in [2.05, 4.69) is 5.43 Å². The van der Waals surface area contributed by atoms with Gasteiger partial charge in [0.25, 0.3) is 17.5 Å². The highest BCUT2D eigenvalue weighted by atomic mass is 16.6. The van der Waals surface area contributed by atoms with Crippen molar-refractivity contribution in [1.82, 2.24) is 5.01 Å². The molecule has 2 N–H and O–H groups in total. The summed E-state index contributed by atoms with van der Waals surface area (Å²) in [6, 6.07) is 8.80. The Kier molecular flexibility index (Phi) is 3.45. The molecule has 1 heterocycles. The molecule has 2 aromatic carbocycles. The third kappa shape index (κ3) is 2.43. The van der Waals surface area contributed by atoms with Gasteiger partial charge in [0.1, 0.15) is 0 Å². The monoisotopic (exact) mass is 327 g/mol. The summed E-state index contributed by atoms with van der Waals surface area (Å²) in [4.78, 5) is 45.6. The number of fused-ring (bicyclic) bond motifs is 1. The fourth-order valence-corrected chi connectivity index (χ4v) is 2.26. The van der Waals surface area contributed by atoms with Crippen molar-refractivity contribution in [1.29, 1.82) is 0 Å². The fourth-order valence-electron chi connectivity index (χ4n) is 2.26. The highest BCUT2D eigenvalue weighted by Crippen LogP contribution is 2.25. The largest absolute Gasteiger partial charge is 0.478 e. The standard InChI is InChI=1S/C15H9N3O6/c19-13-11-6-1-8(15(21)22)7-12(11)14(20)17(13)16-9-2-4-10(5-3-9)18(23)24/h1-7,16H,(H,21,22).